The van der Waals surface area contributed by atoms with Crippen molar-refractivity contribution in [3.63, 3.8) is 0 Å². The molecule has 1 heterocycles. The molecule has 0 aliphatic carbocycles. The third-order valence-electron chi connectivity index (χ3n) is 4.89. The molecule has 0 amide bonds. The van der Waals surface area contributed by atoms with Gasteiger partial charge in [-0.05, 0) is 36.4 Å². The molecular weight excluding hydrogens is 358 g/mol. The van der Waals surface area contributed by atoms with E-state index in [-0.39, 0.29) is 6.61 Å². The maximum absolute atomic E-state index is 10.3. The van der Waals surface area contributed by atoms with Crippen LogP contribution in [-0.4, -0.2) is 69.7 Å². The number of ether oxygens (including phenoxy) is 3. The summed E-state index contributed by atoms with van der Waals surface area (Å²) in [6.45, 7) is 4.27. The summed E-state index contributed by atoms with van der Waals surface area (Å²) in [6.07, 6.45) is -0.546. The second kappa shape index (κ2) is 9.52. The van der Waals surface area contributed by atoms with Gasteiger partial charge in [-0.1, -0.05) is 6.07 Å². The Morgan fingerprint density at radius 2 is 1.71 bits per heavy atom. The van der Waals surface area contributed by atoms with E-state index in [1.165, 1.54) is 0 Å². The lowest BCUT2D eigenvalue weighted by Crippen LogP contribution is -2.49. The van der Waals surface area contributed by atoms with Crippen LogP contribution in [0.2, 0.25) is 0 Å². The van der Waals surface area contributed by atoms with Crippen molar-refractivity contribution in [1.29, 1.82) is 0 Å². The van der Waals surface area contributed by atoms with Crippen molar-refractivity contribution in [2.45, 2.75) is 6.10 Å². The molecule has 0 spiro atoms. The quantitative estimate of drug-likeness (QED) is 0.669. The minimum absolute atomic E-state index is 0.258. The van der Waals surface area contributed by atoms with Crippen molar-refractivity contribution in [3.05, 3.63) is 42.5 Å². The standard InChI is InChI=1S/C21H29N3O4/c1-26-20-5-3-4-19(21(20)27-2)24-12-10-23(11-13-24)14-17(25)15-28-18-8-6-16(22)7-9-18/h3-9,17,25H,10-15,22H2,1-2H3. The number of aliphatic hydroxyl groups is 1. The zero-order valence-electron chi connectivity index (χ0n) is 16.5. The van der Waals surface area contributed by atoms with Gasteiger partial charge in [0.05, 0.1) is 19.9 Å². The summed E-state index contributed by atoms with van der Waals surface area (Å²) in [6, 6.07) is 13.1. The molecule has 0 aromatic heterocycles. The molecule has 0 radical (unpaired) electrons. The average Bonchev–Trinajstić information content (AvgIpc) is 2.73. The number of nitrogens with two attached hydrogens (primary N) is 1. The molecule has 3 rings (SSSR count). The zero-order valence-corrected chi connectivity index (χ0v) is 16.5. The van der Waals surface area contributed by atoms with Gasteiger partial charge in [0.25, 0.3) is 0 Å². The Balaban J connectivity index is 1.48. The molecule has 1 atom stereocenters. The van der Waals surface area contributed by atoms with Gasteiger partial charge in [-0.25, -0.2) is 0 Å². The van der Waals surface area contributed by atoms with Crippen molar-refractivity contribution in [2.75, 3.05) is 64.2 Å². The van der Waals surface area contributed by atoms with E-state index in [1.807, 2.05) is 30.3 Å². The molecule has 7 nitrogen and oxygen atoms in total. The summed E-state index contributed by atoms with van der Waals surface area (Å²) >= 11 is 0. The maximum Gasteiger partial charge on any atom is 0.184 e. The van der Waals surface area contributed by atoms with Gasteiger partial charge in [-0.3, -0.25) is 4.90 Å². The summed E-state index contributed by atoms with van der Waals surface area (Å²) in [4.78, 5) is 4.54. The van der Waals surface area contributed by atoms with Crippen LogP contribution in [0.1, 0.15) is 0 Å². The van der Waals surface area contributed by atoms with Crippen LogP contribution in [-0.2, 0) is 0 Å². The van der Waals surface area contributed by atoms with Crippen LogP contribution in [0.15, 0.2) is 42.5 Å². The molecule has 152 valence electrons. The number of benzene rings is 2. The molecule has 1 saturated heterocycles. The smallest absolute Gasteiger partial charge is 0.184 e. The molecule has 0 bridgehead atoms. The predicted octanol–water partition coefficient (Wildman–Crippen LogP) is 1.85. The number of nitrogens with zero attached hydrogens (tertiary/aromatic N) is 2. The molecule has 1 unspecified atom stereocenters. The molecule has 1 aliphatic heterocycles. The molecular formula is C21H29N3O4. The Labute approximate surface area is 166 Å². The highest BCUT2D eigenvalue weighted by Crippen LogP contribution is 2.37. The predicted molar refractivity (Wildman–Crippen MR) is 111 cm³/mol. The first-order valence-electron chi connectivity index (χ1n) is 9.45. The Morgan fingerprint density at radius 3 is 2.36 bits per heavy atom. The van der Waals surface area contributed by atoms with E-state index in [4.69, 9.17) is 19.9 Å². The van der Waals surface area contributed by atoms with Gasteiger partial charge in [-0.15, -0.1) is 0 Å². The van der Waals surface area contributed by atoms with Crippen molar-refractivity contribution < 1.29 is 19.3 Å². The van der Waals surface area contributed by atoms with Gasteiger partial charge in [0.15, 0.2) is 11.5 Å². The second-order valence-corrected chi connectivity index (χ2v) is 6.83. The summed E-state index contributed by atoms with van der Waals surface area (Å²) < 4.78 is 16.6. The SMILES string of the molecule is COc1cccc(N2CCN(CC(O)COc3ccc(N)cc3)CC2)c1OC. The van der Waals surface area contributed by atoms with Gasteiger partial charge in [0.2, 0.25) is 0 Å². The lowest BCUT2D eigenvalue weighted by molar-refractivity contribution is 0.0663. The lowest BCUT2D eigenvalue weighted by atomic mass is 10.2. The van der Waals surface area contributed by atoms with Crippen LogP contribution in [0.4, 0.5) is 11.4 Å². The molecule has 1 fully saturated rings. The van der Waals surface area contributed by atoms with Crippen LogP contribution >= 0.6 is 0 Å². The fourth-order valence-corrected chi connectivity index (χ4v) is 3.40. The third-order valence-corrected chi connectivity index (χ3v) is 4.89. The number of β-amino-alcohol motifs (C(OH)–C–C–N with tert-alkyl or cyclic N) is 1. The van der Waals surface area contributed by atoms with Gasteiger partial charge in [-0.2, -0.15) is 0 Å². The Morgan fingerprint density at radius 1 is 1.00 bits per heavy atom. The van der Waals surface area contributed by atoms with Gasteiger partial charge in [0, 0.05) is 38.4 Å². The minimum atomic E-state index is -0.546. The normalized spacial score (nSPS) is 15.9. The number of hydrogen-bond donors (Lipinski definition) is 2. The number of hydrogen-bond acceptors (Lipinski definition) is 7. The van der Waals surface area contributed by atoms with Gasteiger partial charge >= 0.3 is 0 Å². The number of anilines is 2. The van der Waals surface area contributed by atoms with Crippen LogP contribution in [0.3, 0.4) is 0 Å². The number of rotatable bonds is 8. The molecule has 28 heavy (non-hydrogen) atoms. The molecule has 1 aliphatic rings. The fraction of sp³-hybridized carbons (Fsp3) is 0.429. The highest BCUT2D eigenvalue weighted by atomic mass is 16.5. The van der Waals surface area contributed by atoms with Crippen molar-refractivity contribution in [2.24, 2.45) is 0 Å². The van der Waals surface area contributed by atoms with Crippen LogP contribution in [0.25, 0.3) is 0 Å². The van der Waals surface area contributed by atoms with Gasteiger partial charge in [0.1, 0.15) is 18.5 Å². The Kier molecular flexibility index (Phi) is 6.84. The van der Waals surface area contributed by atoms with E-state index in [0.29, 0.717) is 18.0 Å². The largest absolute Gasteiger partial charge is 0.493 e. The lowest BCUT2D eigenvalue weighted by Gasteiger charge is -2.37. The Hall–Kier alpha value is -2.64. The highest BCUT2D eigenvalue weighted by molar-refractivity contribution is 5.65. The van der Waals surface area contributed by atoms with E-state index in [9.17, 15) is 5.11 Å². The van der Waals surface area contributed by atoms with E-state index in [0.717, 1.165) is 43.4 Å². The van der Waals surface area contributed by atoms with E-state index in [2.05, 4.69) is 9.80 Å². The first kappa shape index (κ1) is 20.1. The first-order valence-corrected chi connectivity index (χ1v) is 9.45. The fourth-order valence-electron chi connectivity index (χ4n) is 3.40. The van der Waals surface area contributed by atoms with Crippen molar-refractivity contribution >= 4 is 11.4 Å². The maximum atomic E-state index is 10.3. The number of aliphatic hydroxyl groups excluding tert-OH is 1. The number of methoxy groups -OCH3 is 2. The topological polar surface area (TPSA) is 80.4 Å². The van der Waals surface area contributed by atoms with Crippen molar-refractivity contribution in [1.82, 2.24) is 4.90 Å². The molecule has 2 aromatic carbocycles. The number of piperazine rings is 1. The average molecular weight is 387 g/mol. The summed E-state index contributed by atoms with van der Waals surface area (Å²) in [5.74, 6) is 2.20. The van der Waals surface area contributed by atoms with Crippen molar-refractivity contribution in [3.8, 4) is 17.2 Å². The number of nitrogen functional groups attached to an aromatic ring is 1. The third kappa shape index (κ3) is 4.99. The van der Waals surface area contributed by atoms with Crippen LogP contribution in [0, 0.1) is 0 Å². The van der Waals surface area contributed by atoms with Gasteiger partial charge < -0.3 is 30.0 Å². The molecule has 3 N–H and O–H groups in total. The first-order chi connectivity index (χ1) is 13.6. The Bertz CT molecular complexity index is 746. The van der Waals surface area contributed by atoms with E-state index >= 15 is 0 Å². The summed E-state index contributed by atoms with van der Waals surface area (Å²) in [7, 11) is 3.31. The van der Waals surface area contributed by atoms with Crippen LogP contribution < -0.4 is 24.8 Å². The van der Waals surface area contributed by atoms with E-state index in [1.54, 1.807) is 26.4 Å². The molecule has 7 heteroatoms. The monoisotopic (exact) mass is 387 g/mol. The molecule has 0 saturated carbocycles. The highest BCUT2D eigenvalue weighted by Gasteiger charge is 2.23. The summed E-state index contributed by atoms with van der Waals surface area (Å²) in [5, 5.41) is 10.3. The number of para-hydroxylation sites is 1. The van der Waals surface area contributed by atoms with E-state index < -0.39 is 6.10 Å². The summed E-state index contributed by atoms with van der Waals surface area (Å²) in [5.41, 5.74) is 7.39. The molecule has 2 aromatic rings. The van der Waals surface area contributed by atoms with Crippen LogP contribution in [0.5, 0.6) is 17.2 Å². The minimum Gasteiger partial charge on any atom is -0.493 e. The second-order valence-electron chi connectivity index (χ2n) is 6.83. The zero-order chi connectivity index (χ0) is 19.9.